The van der Waals surface area contributed by atoms with Gasteiger partial charge in [0.25, 0.3) is 5.69 Å². The molecule has 1 N–H and O–H groups in total. The van der Waals surface area contributed by atoms with E-state index >= 15 is 0 Å². The SMILES string of the molecule is CCCn1ccnc1CNc1ccc(C#N)cc1[N+](=O)[O-]. The van der Waals surface area contributed by atoms with Crippen molar-refractivity contribution in [3.63, 3.8) is 0 Å². The fourth-order valence-corrected chi connectivity index (χ4v) is 2.03. The smallest absolute Gasteiger partial charge is 0.293 e. The van der Waals surface area contributed by atoms with Gasteiger partial charge in [0, 0.05) is 25.0 Å². The lowest BCUT2D eigenvalue weighted by Crippen LogP contribution is -2.09. The lowest BCUT2D eigenvalue weighted by atomic mass is 10.2. The highest BCUT2D eigenvalue weighted by molar-refractivity contribution is 5.63. The van der Waals surface area contributed by atoms with E-state index in [0.29, 0.717) is 12.2 Å². The van der Waals surface area contributed by atoms with Crippen LogP contribution in [0.3, 0.4) is 0 Å². The number of hydrogen-bond acceptors (Lipinski definition) is 5. The summed E-state index contributed by atoms with van der Waals surface area (Å²) in [7, 11) is 0. The summed E-state index contributed by atoms with van der Waals surface area (Å²) in [5.41, 5.74) is 0.535. The van der Waals surface area contributed by atoms with Gasteiger partial charge in [-0.3, -0.25) is 10.1 Å². The topological polar surface area (TPSA) is 96.8 Å². The second-order valence-electron chi connectivity index (χ2n) is 4.49. The summed E-state index contributed by atoms with van der Waals surface area (Å²) >= 11 is 0. The molecule has 0 atom stereocenters. The molecule has 0 spiro atoms. The van der Waals surface area contributed by atoms with E-state index in [9.17, 15) is 10.1 Å². The lowest BCUT2D eigenvalue weighted by Gasteiger charge is -2.09. The number of nitrogens with one attached hydrogen (secondary N) is 1. The quantitative estimate of drug-likeness (QED) is 0.650. The Morgan fingerprint density at radius 1 is 1.52 bits per heavy atom. The zero-order valence-corrected chi connectivity index (χ0v) is 11.6. The molecule has 7 nitrogen and oxygen atoms in total. The van der Waals surface area contributed by atoms with Gasteiger partial charge in [-0.05, 0) is 18.6 Å². The van der Waals surface area contributed by atoms with Crippen LogP contribution in [0.2, 0.25) is 0 Å². The van der Waals surface area contributed by atoms with E-state index < -0.39 is 4.92 Å². The van der Waals surface area contributed by atoms with Gasteiger partial charge >= 0.3 is 0 Å². The molecule has 2 rings (SSSR count). The van der Waals surface area contributed by atoms with E-state index in [1.165, 1.54) is 6.07 Å². The predicted octanol–water partition coefficient (Wildman–Crippen LogP) is 2.69. The summed E-state index contributed by atoms with van der Waals surface area (Å²) < 4.78 is 2.00. The normalized spacial score (nSPS) is 10.1. The second kappa shape index (κ2) is 6.52. The highest BCUT2D eigenvalue weighted by Crippen LogP contribution is 2.25. The number of nitro benzene ring substituents is 1. The number of imidazole rings is 1. The van der Waals surface area contributed by atoms with E-state index in [-0.39, 0.29) is 11.3 Å². The Morgan fingerprint density at radius 3 is 3.00 bits per heavy atom. The third-order valence-corrected chi connectivity index (χ3v) is 3.03. The molecular weight excluding hydrogens is 270 g/mol. The van der Waals surface area contributed by atoms with Crippen LogP contribution >= 0.6 is 0 Å². The third-order valence-electron chi connectivity index (χ3n) is 3.03. The summed E-state index contributed by atoms with van der Waals surface area (Å²) in [6, 6.07) is 6.26. The average Bonchev–Trinajstić information content (AvgIpc) is 2.92. The predicted molar refractivity (Wildman–Crippen MR) is 77.7 cm³/mol. The molecule has 1 aromatic heterocycles. The second-order valence-corrected chi connectivity index (χ2v) is 4.49. The number of hydrogen-bond donors (Lipinski definition) is 1. The van der Waals surface area contributed by atoms with Crippen LogP contribution in [0.5, 0.6) is 0 Å². The van der Waals surface area contributed by atoms with E-state index in [4.69, 9.17) is 5.26 Å². The fourth-order valence-electron chi connectivity index (χ4n) is 2.03. The lowest BCUT2D eigenvalue weighted by molar-refractivity contribution is -0.384. The van der Waals surface area contributed by atoms with Gasteiger partial charge in [-0.15, -0.1) is 0 Å². The maximum Gasteiger partial charge on any atom is 0.293 e. The zero-order chi connectivity index (χ0) is 15.2. The van der Waals surface area contributed by atoms with Crippen LogP contribution in [0.15, 0.2) is 30.6 Å². The number of anilines is 1. The molecule has 1 heterocycles. The monoisotopic (exact) mass is 285 g/mol. The van der Waals surface area contributed by atoms with Crippen molar-refractivity contribution in [2.45, 2.75) is 26.4 Å². The van der Waals surface area contributed by atoms with Gasteiger partial charge < -0.3 is 9.88 Å². The number of nitro groups is 1. The van der Waals surface area contributed by atoms with E-state index in [0.717, 1.165) is 18.8 Å². The molecule has 0 amide bonds. The van der Waals surface area contributed by atoms with Gasteiger partial charge in [0.05, 0.1) is 23.1 Å². The minimum atomic E-state index is -0.498. The fraction of sp³-hybridized carbons (Fsp3) is 0.286. The number of nitriles is 1. The average molecular weight is 285 g/mol. The maximum absolute atomic E-state index is 11.1. The van der Waals surface area contributed by atoms with Crippen LogP contribution in [0, 0.1) is 21.4 Å². The minimum Gasteiger partial charge on any atom is -0.372 e. The summed E-state index contributed by atoms with van der Waals surface area (Å²) in [5.74, 6) is 0.815. The molecule has 0 fully saturated rings. The molecule has 7 heteroatoms. The van der Waals surface area contributed by atoms with Gasteiger partial charge in [-0.2, -0.15) is 5.26 Å². The molecule has 2 aromatic rings. The van der Waals surface area contributed by atoms with Crippen LogP contribution in [-0.2, 0) is 13.1 Å². The molecular formula is C14H15N5O2. The molecule has 0 saturated carbocycles. The number of benzene rings is 1. The molecule has 21 heavy (non-hydrogen) atoms. The Kier molecular flexibility index (Phi) is 4.51. The minimum absolute atomic E-state index is 0.109. The molecule has 0 bridgehead atoms. The Labute approximate surface area is 122 Å². The van der Waals surface area contributed by atoms with Crippen LogP contribution < -0.4 is 5.32 Å². The van der Waals surface area contributed by atoms with Gasteiger partial charge in [-0.1, -0.05) is 6.92 Å². The first-order valence-corrected chi connectivity index (χ1v) is 6.58. The number of nitrogens with zero attached hydrogens (tertiary/aromatic N) is 4. The van der Waals surface area contributed by atoms with Gasteiger partial charge in [0.1, 0.15) is 11.5 Å². The van der Waals surface area contributed by atoms with Crippen molar-refractivity contribution < 1.29 is 4.92 Å². The van der Waals surface area contributed by atoms with Crippen LogP contribution in [0.1, 0.15) is 24.7 Å². The molecule has 0 unspecified atom stereocenters. The van der Waals surface area contributed by atoms with E-state index in [2.05, 4.69) is 17.2 Å². The van der Waals surface area contributed by atoms with Crippen molar-refractivity contribution in [2.24, 2.45) is 0 Å². The first-order valence-electron chi connectivity index (χ1n) is 6.58. The number of rotatable bonds is 6. The molecule has 108 valence electrons. The zero-order valence-electron chi connectivity index (χ0n) is 11.6. The van der Waals surface area contributed by atoms with Crippen LogP contribution in [0.25, 0.3) is 0 Å². The third kappa shape index (κ3) is 3.36. The largest absolute Gasteiger partial charge is 0.372 e. The van der Waals surface area contributed by atoms with E-state index in [1.54, 1.807) is 18.3 Å². The Hall–Kier alpha value is -2.88. The molecule has 1 aromatic carbocycles. The van der Waals surface area contributed by atoms with Crippen molar-refractivity contribution in [3.8, 4) is 6.07 Å². The molecule has 0 aliphatic heterocycles. The Morgan fingerprint density at radius 2 is 2.33 bits per heavy atom. The summed E-state index contributed by atoms with van der Waals surface area (Å²) in [6.45, 7) is 3.31. The molecule has 0 radical (unpaired) electrons. The van der Waals surface area contributed by atoms with Gasteiger partial charge in [-0.25, -0.2) is 4.98 Å². The summed E-state index contributed by atoms with van der Waals surface area (Å²) in [5, 5.41) is 22.9. The van der Waals surface area contributed by atoms with Crippen LogP contribution in [0.4, 0.5) is 11.4 Å². The van der Waals surface area contributed by atoms with Gasteiger partial charge in [0.15, 0.2) is 0 Å². The molecule has 0 aliphatic carbocycles. The van der Waals surface area contributed by atoms with E-state index in [1.807, 2.05) is 16.8 Å². The first-order chi connectivity index (χ1) is 10.2. The summed E-state index contributed by atoms with van der Waals surface area (Å²) in [4.78, 5) is 14.8. The highest BCUT2D eigenvalue weighted by atomic mass is 16.6. The molecule has 0 saturated heterocycles. The van der Waals surface area contributed by atoms with Crippen molar-refractivity contribution >= 4 is 11.4 Å². The van der Waals surface area contributed by atoms with Crippen molar-refractivity contribution in [1.29, 1.82) is 5.26 Å². The summed E-state index contributed by atoms with van der Waals surface area (Å²) in [6.07, 6.45) is 4.58. The van der Waals surface area contributed by atoms with Gasteiger partial charge in [0.2, 0.25) is 0 Å². The Balaban J connectivity index is 2.18. The van der Waals surface area contributed by atoms with Crippen molar-refractivity contribution in [2.75, 3.05) is 5.32 Å². The standard InChI is InChI=1S/C14H15N5O2/c1-2-6-18-7-5-16-14(18)10-17-12-4-3-11(9-15)8-13(12)19(20)21/h3-5,7-8,17H,2,6,10H2,1H3. The van der Waals surface area contributed by atoms with Crippen molar-refractivity contribution in [1.82, 2.24) is 9.55 Å². The Bertz CT molecular complexity index is 687. The first kappa shape index (κ1) is 14.5. The van der Waals surface area contributed by atoms with Crippen LogP contribution in [-0.4, -0.2) is 14.5 Å². The van der Waals surface area contributed by atoms with Crippen molar-refractivity contribution in [3.05, 3.63) is 52.1 Å². The highest BCUT2D eigenvalue weighted by Gasteiger charge is 2.15. The molecule has 0 aliphatic rings. The number of aromatic nitrogens is 2. The number of aryl methyl sites for hydroxylation is 1. The maximum atomic E-state index is 11.1.